The van der Waals surface area contributed by atoms with Crippen LogP contribution in [0, 0.1) is 17.8 Å². The number of phosphoric ester groups is 2. The molecule has 36 heavy (non-hydrogen) atoms. The number of fused-ring (bicyclic) bond motifs is 2. The van der Waals surface area contributed by atoms with Crippen LogP contribution in [-0.2, 0) is 31.0 Å². The van der Waals surface area contributed by atoms with Gasteiger partial charge >= 0.3 is 15.6 Å². The summed E-state index contributed by atoms with van der Waals surface area (Å²) in [4.78, 5) is 37.8. The van der Waals surface area contributed by atoms with Crippen molar-refractivity contribution in [2.45, 2.75) is 83.2 Å². The number of hydrogen-bond donors (Lipinski definition) is 6. The SMILES string of the molecule is CCCCC[C@@H](CC[C@@H]1[C@H]2Cc3cccc(OCC(O)O)c3C[C@H]2C[C@H]1OP(=O)(O)O)OP(=O)(O)O. The molecule has 206 valence electrons. The lowest BCUT2D eigenvalue weighted by Crippen LogP contribution is -2.29. The van der Waals surface area contributed by atoms with Crippen molar-refractivity contribution in [3.63, 3.8) is 0 Å². The van der Waals surface area contributed by atoms with Crippen molar-refractivity contribution in [2.24, 2.45) is 17.8 Å². The zero-order valence-corrected chi connectivity index (χ0v) is 22.2. The maximum Gasteiger partial charge on any atom is 0.469 e. The molecule has 1 saturated carbocycles. The van der Waals surface area contributed by atoms with Crippen molar-refractivity contribution in [1.29, 1.82) is 0 Å². The van der Waals surface area contributed by atoms with Gasteiger partial charge in [-0.1, -0.05) is 38.3 Å². The number of aliphatic hydroxyl groups is 2. The molecule has 0 unspecified atom stereocenters. The lowest BCUT2D eigenvalue weighted by atomic mass is 9.73. The molecule has 1 aromatic carbocycles. The molecule has 0 heterocycles. The number of aliphatic hydroxyl groups excluding tert-OH is 1. The van der Waals surface area contributed by atoms with Crippen LogP contribution < -0.4 is 4.74 Å². The molecule has 0 saturated heterocycles. The van der Waals surface area contributed by atoms with Crippen molar-refractivity contribution in [1.82, 2.24) is 0 Å². The molecule has 13 heteroatoms. The van der Waals surface area contributed by atoms with E-state index in [9.17, 15) is 28.7 Å². The van der Waals surface area contributed by atoms with Crippen LogP contribution in [-0.4, -0.2) is 54.9 Å². The van der Waals surface area contributed by atoms with Crippen molar-refractivity contribution in [3.05, 3.63) is 29.3 Å². The van der Waals surface area contributed by atoms with Crippen LogP contribution in [0.2, 0.25) is 0 Å². The summed E-state index contributed by atoms with van der Waals surface area (Å²) in [5.74, 6) is 0.442. The number of ether oxygens (including phenoxy) is 1. The maximum atomic E-state index is 11.7. The van der Waals surface area contributed by atoms with E-state index in [0.717, 1.165) is 30.4 Å². The largest absolute Gasteiger partial charge is 0.488 e. The molecule has 1 fully saturated rings. The Morgan fingerprint density at radius 1 is 1.03 bits per heavy atom. The molecule has 0 aromatic heterocycles. The lowest BCUT2D eigenvalue weighted by molar-refractivity contribution is -0.0683. The van der Waals surface area contributed by atoms with Crippen LogP contribution in [0.1, 0.15) is 63.0 Å². The Morgan fingerprint density at radius 2 is 1.78 bits per heavy atom. The van der Waals surface area contributed by atoms with Gasteiger partial charge in [0, 0.05) is 0 Å². The molecule has 0 aliphatic heterocycles. The second-order valence-corrected chi connectivity index (χ2v) is 12.2. The van der Waals surface area contributed by atoms with Gasteiger partial charge in [0.15, 0.2) is 6.29 Å². The Labute approximate surface area is 211 Å². The molecule has 0 spiro atoms. The Kier molecular flexibility index (Phi) is 10.6. The second kappa shape index (κ2) is 12.8. The normalized spacial score (nSPS) is 25.0. The number of unbranched alkanes of at least 4 members (excludes halogenated alkanes) is 2. The third kappa shape index (κ3) is 8.88. The van der Waals surface area contributed by atoms with E-state index < -0.39 is 34.1 Å². The second-order valence-electron chi connectivity index (χ2n) is 9.84. The van der Waals surface area contributed by atoms with Crippen LogP contribution in [0.3, 0.4) is 0 Å². The van der Waals surface area contributed by atoms with Crippen LogP contribution >= 0.6 is 15.6 Å². The number of benzene rings is 1. The number of phosphoric acid groups is 2. The zero-order chi connectivity index (χ0) is 26.5. The van der Waals surface area contributed by atoms with Gasteiger partial charge in [0.2, 0.25) is 0 Å². The minimum absolute atomic E-state index is 0.0547. The average molecular weight is 552 g/mol. The topological polar surface area (TPSA) is 183 Å². The van der Waals surface area contributed by atoms with E-state index in [4.69, 9.17) is 24.0 Å². The quantitative estimate of drug-likeness (QED) is 0.113. The average Bonchev–Trinajstić information content (AvgIpc) is 3.07. The third-order valence-corrected chi connectivity index (χ3v) is 8.34. The van der Waals surface area contributed by atoms with E-state index >= 15 is 0 Å². The summed E-state index contributed by atoms with van der Waals surface area (Å²) in [6.07, 6.45) is 2.59. The van der Waals surface area contributed by atoms with Gasteiger partial charge in [0.25, 0.3) is 0 Å². The van der Waals surface area contributed by atoms with Gasteiger partial charge in [-0.05, 0) is 73.5 Å². The van der Waals surface area contributed by atoms with Gasteiger partial charge in [0.1, 0.15) is 12.4 Å². The van der Waals surface area contributed by atoms with E-state index in [1.807, 2.05) is 19.1 Å². The van der Waals surface area contributed by atoms with Gasteiger partial charge in [0.05, 0.1) is 12.2 Å². The van der Waals surface area contributed by atoms with Crippen LogP contribution in [0.25, 0.3) is 0 Å². The van der Waals surface area contributed by atoms with E-state index in [1.54, 1.807) is 6.07 Å². The first-order valence-corrected chi connectivity index (χ1v) is 15.5. The molecule has 2 aliphatic rings. The Bertz CT molecular complexity index is 944. The smallest absolute Gasteiger partial charge is 0.469 e. The molecular weight excluding hydrogens is 514 g/mol. The molecule has 5 atom stereocenters. The van der Waals surface area contributed by atoms with Gasteiger partial charge in [-0.2, -0.15) is 0 Å². The summed E-state index contributed by atoms with van der Waals surface area (Å²) < 4.78 is 39.1. The first-order valence-electron chi connectivity index (χ1n) is 12.4. The first-order chi connectivity index (χ1) is 16.9. The van der Waals surface area contributed by atoms with Gasteiger partial charge in [-0.15, -0.1) is 0 Å². The Morgan fingerprint density at radius 3 is 2.42 bits per heavy atom. The molecule has 2 aliphatic carbocycles. The highest BCUT2D eigenvalue weighted by molar-refractivity contribution is 7.46. The monoisotopic (exact) mass is 552 g/mol. The standard InChI is InChI=1S/C23H38O11P2/c1-2-3-4-7-17(33-35(26,27)28)9-10-18-19-11-15-6-5-8-21(32-14-23(24)25)20(15)12-16(19)13-22(18)34-36(29,30)31/h5-6,8,16-19,22-25H,2-4,7,9-14H2,1H3,(H2,26,27,28)(H2,29,30,31)/t16-,17-,18+,19-,22+/m0/s1. The number of rotatable bonds is 14. The molecule has 0 bridgehead atoms. The van der Waals surface area contributed by atoms with Crippen LogP contribution in [0.4, 0.5) is 0 Å². The zero-order valence-electron chi connectivity index (χ0n) is 20.4. The van der Waals surface area contributed by atoms with Crippen LogP contribution in [0.5, 0.6) is 5.75 Å². The summed E-state index contributed by atoms with van der Waals surface area (Å²) in [7, 11) is -9.43. The molecular formula is C23H38O11P2. The van der Waals surface area contributed by atoms with E-state index in [0.29, 0.717) is 44.3 Å². The lowest BCUT2D eigenvalue weighted by Gasteiger charge is -2.33. The summed E-state index contributed by atoms with van der Waals surface area (Å²) in [6, 6.07) is 5.55. The minimum Gasteiger partial charge on any atom is -0.488 e. The predicted octanol–water partition coefficient (Wildman–Crippen LogP) is 3.04. The highest BCUT2D eigenvalue weighted by Gasteiger charge is 2.48. The van der Waals surface area contributed by atoms with Crippen LogP contribution in [0.15, 0.2) is 18.2 Å². The van der Waals surface area contributed by atoms with E-state index in [2.05, 4.69) is 0 Å². The molecule has 6 N–H and O–H groups in total. The molecule has 11 nitrogen and oxygen atoms in total. The Hall–Kier alpha value is -0.840. The molecule has 3 rings (SSSR count). The molecule has 0 amide bonds. The summed E-state index contributed by atoms with van der Waals surface area (Å²) in [6.45, 7) is 1.76. The predicted molar refractivity (Wildman–Crippen MR) is 130 cm³/mol. The van der Waals surface area contributed by atoms with Crippen molar-refractivity contribution < 1.29 is 52.7 Å². The maximum absolute atomic E-state index is 11.7. The highest BCUT2D eigenvalue weighted by Crippen LogP contribution is 2.53. The van der Waals surface area contributed by atoms with E-state index in [-0.39, 0.29) is 24.4 Å². The summed E-state index contributed by atoms with van der Waals surface area (Å²) >= 11 is 0. The van der Waals surface area contributed by atoms with Crippen molar-refractivity contribution in [2.75, 3.05) is 6.61 Å². The fraction of sp³-hybridized carbons (Fsp3) is 0.739. The molecule has 0 radical (unpaired) electrons. The first kappa shape index (κ1) is 29.7. The highest BCUT2D eigenvalue weighted by atomic mass is 31.2. The third-order valence-electron chi connectivity index (χ3n) is 7.22. The fourth-order valence-corrected chi connectivity index (χ4v) is 7.01. The van der Waals surface area contributed by atoms with Gasteiger partial charge < -0.3 is 34.5 Å². The summed E-state index contributed by atoms with van der Waals surface area (Å²) in [5, 5.41) is 18.3. The number of hydrogen-bond acceptors (Lipinski definition) is 7. The molecule has 1 aromatic rings. The van der Waals surface area contributed by atoms with E-state index in [1.165, 1.54) is 0 Å². The minimum atomic E-state index is -4.75. The van der Waals surface area contributed by atoms with Crippen molar-refractivity contribution in [3.8, 4) is 5.75 Å². The van der Waals surface area contributed by atoms with Crippen molar-refractivity contribution >= 4 is 15.6 Å². The fourth-order valence-electron chi connectivity index (χ4n) is 5.82. The summed E-state index contributed by atoms with van der Waals surface area (Å²) in [5.41, 5.74) is 1.96. The van der Waals surface area contributed by atoms with Gasteiger partial charge in [-0.25, -0.2) is 9.13 Å². The van der Waals surface area contributed by atoms with Gasteiger partial charge in [-0.3, -0.25) is 9.05 Å². The Balaban J connectivity index is 1.78.